The van der Waals surface area contributed by atoms with E-state index in [4.69, 9.17) is 10.3 Å². The lowest BCUT2D eigenvalue weighted by Crippen LogP contribution is -2.27. The smallest absolute Gasteiger partial charge is 0.250 e. The van der Waals surface area contributed by atoms with Crippen molar-refractivity contribution in [3.8, 4) is 0 Å². The molecule has 14 heavy (non-hydrogen) atoms. The number of aromatic nitrogens is 1. The van der Waals surface area contributed by atoms with Gasteiger partial charge in [-0.15, -0.1) is 0 Å². The van der Waals surface area contributed by atoms with Gasteiger partial charge in [-0.05, 0) is 6.92 Å². The molecule has 1 aromatic rings. The minimum atomic E-state index is -3.55. The molecular weight excluding hydrogens is 206 g/mol. The van der Waals surface area contributed by atoms with Gasteiger partial charge in [0.1, 0.15) is 0 Å². The van der Waals surface area contributed by atoms with Crippen molar-refractivity contribution in [2.24, 2.45) is 0 Å². The average Bonchev–Trinajstić information content (AvgIpc) is 2.44. The van der Waals surface area contributed by atoms with E-state index in [1.165, 1.54) is 18.3 Å². The summed E-state index contributed by atoms with van der Waals surface area (Å²) in [6.45, 7) is 3.61. The molecule has 80 valence electrons. The van der Waals surface area contributed by atoms with Crippen LogP contribution in [0, 0.1) is 6.92 Å². The van der Waals surface area contributed by atoms with Crippen molar-refractivity contribution >= 4 is 15.8 Å². The molecule has 0 aliphatic carbocycles. The Morgan fingerprint density at radius 1 is 1.57 bits per heavy atom. The maximum absolute atomic E-state index is 11.8. The lowest BCUT2D eigenvalue weighted by molar-refractivity contribution is 0.395. The van der Waals surface area contributed by atoms with E-state index in [0.29, 0.717) is 6.54 Å². The van der Waals surface area contributed by atoms with E-state index >= 15 is 0 Å². The predicted molar refractivity (Wildman–Crippen MR) is 51.1 cm³/mol. The fraction of sp³-hybridized carbons (Fsp3) is 0.571. The standard InChI is InChI=1S/C7H13N3O3S/c1-4-10(3)14(11,12)6-5(2)13-9-7(6)8/h4H2,1-3H3,(H2,8,9). The first-order valence-electron chi connectivity index (χ1n) is 4.09. The van der Waals surface area contributed by atoms with Crippen molar-refractivity contribution in [1.82, 2.24) is 9.46 Å². The molecule has 0 aromatic carbocycles. The molecule has 0 spiro atoms. The largest absolute Gasteiger partial charge is 0.380 e. The molecule has 0 saturated heterocycles. The van der Waals surface area contributed by atoms with Gasteiger partial charge in [-0.1, -0.05) is 12.1 Å². The van der Waals surface area contributed by atoms with Crippen LogP contribution < -0.4 is 5.73 Å². The van der Waals surface area contributed by atoms with Crippen LogP contribution in [0.5, 0.6) is 0 Å². The summed E-state index contributed by atoms with van der Waals surface area (Å²) in [5.74, 6) is 0.116. The number of sulfonamides is 1. The molecule has 1 rings (SSSR count). The Morgan fingerprint density at radius 2 is 2.14 bits per heavy atom. The van der Waals surface area contributed by atoms with E-state index in [9.17, 15) is 8.42 Å². The molecule has 0 aliphatic rings. The molecule has 0 unspecified atom stereocenters. The van der Waals surface area contributed by atoms with E-state index in [2.05, 4.69) is 5.16 Å². The zero-order valence-electron chi connectivity index (χ0n) is 8.31. The lowest BCUT2D eigenvalue weighted by atomic mass is 10.5. The van der Waals surface area contributed by atoms with E-state index in [1.807, 2.05) is 0 Å². The number of nitrogens with two attached hydrogens (primary N) is 1. The van der Waals surface area contributed by atoms with Crippen molar-refractivity contribution in [2.75, 3.05) is 19.3 Å². The summed E-state index contributed by atoms with van der Waals surface area (Å²) < 4.78 is 29.5. The summed E-state index contributed by atoms with van der Waals surface area (Å²) in [6, 6.07) is 0. The number of anilines is 1. The minimum absolute atomic E-state index is 0.0400. The summed E-state index contributed by atoms with van der Waals surface area (Å²) in [5, 5.41) is 3.40. The van der Waals surface area contributed by atoms with Crippen molar-refractivity contribution in [2.45, 2.75) is 18.7 Å². The molecular formula is C7H13N3O3S. The fourth-order valence-corrected chi connectivity index (χ4v) is 2.37. The van der Waals surface area contributed by atoms with E-state index in [-0.39, 0.29) is 16.5 Å². The van der Waals surface area contributed by atoms with Crippen LogP contribution in [0.2, 0.25) is 0 Å². The van der Waals surface area contributed by atoms with Crippen molar-refractivity contribution in [1.29, 1.82) is 0 Å². The number of rotatable bonds is 3. The monoisotopic (exact) mass is 219 g/mol. The van der Waals surface area contributed by atoms with Crippen LogP contribution in [0.4, 0.5) is 5.82 Å². The van der Waals surface area contributed by atoms with Gasteiger partial charge in [0.2, 0.25) is 10.0 Å². The molecule has 0 amide bonds. The molecule has 1 heterocycles. The normalized spacial score (nSPS) is 12.3. The predicted octanol–water partition coefficient (Wildman–Crippen LogP) is 0.206. The molecule has 2 N–H and O–H groups in total. The fourth-order valence-electron chi connectivity index (χ4n) is 1.02. The van der Waals surface area contributed by atoms with Crippen LogP contribution in [0.1, 0.15) is 12.7 Å². The highest BCUT2D eigenvalue weighted by molar-refractivity contribution is 7.89. The Balaban J connectivity index is 3.30. The highest BCUT2D eigenvalue weighted by Gasteiger charge is 2.28. The zero-order chi connectivity index (χ0) is 10.9. The first kappa shape index (κ1) is 11.0. The quantitative estimate of drug-likeness (QED) is 0.784. The third kappa shape index (κ3) is 1.60. The second-order valence-corrected chi connectivity index (χ2v) is 4.85. The second kappa shape index (κ2) is 3.58. The molecule has 0 radical (unpaired) electrons. The number of nitrogens with zero attached hydrogens (tertiary/aromatic N) is 2. The highest BCUT2D eigenvalue weighted by atomic mass is 32.2. The molecule has 0 atom stereocenters. The van der Waals surface area contributed by atoms with Gasteiger partial charge in [0, 0.05) is 13.6 Å². The third-order valence-electron chi connectivity index (χ3n) is 1.95. The first-order chi connectivity index (χ1) is 6.41. The topological polar surface area (TPSA) is 89.4 Å². The highest BCUT2D eigenvalue weighted by Crippen LogP contribution is 2.24. The zero-order valence-corrected chi connectivity index (χ0v) is 9.13. The van der Waals surface area contributed by atoms with Crippen LogP contribution in [0.25, 0.3) is 0 Å². The minimum Gasteiger partial charge on any atom is -0.380 e. The van der Waals surface area contributed by atoms with Gasteiger partial charge in [-0.2, -0.15) is 0 Å². The van der Waals surface area contributed by atoms with Gasteiger partial charge in [0.25, 0.3) is 0 Å². The Labute approximate surface area is 82.7 Å². The Hall–Kier alpha value is -1.08. The molecule has 0 aliphatic heterocycles. The van der Waals surface area contributed by atoms with E-state index < -0.39 is 10.0 Å². The van der Waals surface area contributed by atoms with Crippen LogP contribution in [0.3, 0.4) is 0 Å². The summed E-state index contributed by atoms with van der Waals surface area (Å²) in [5.41, 5.74) is 5.41. The van der Waals surface area contributed by atoms with Crippen LogP contribution in [0.15, 0.2) is 9.42 Å². The maximum atomic E-state index is 11.8. The van der Waals surface area contributed by atoms with Crippen molar-refractivity contribution < 1.29 is 12.9 Å². The van der Waals surface area contributed by atoms with Gasteiger partial charge in [0.15, 0.2) is 16.5 Å². The number of hydrogen-bond donors (Lipinski definition) is 1. The van der Waals surface area contributed by atoms with Gasteiger partial charge in [-0.3, -0.25) is 0 Å². The van der Waals surface area contributed by atoms with Crippen LogP contribution in [-0.4, -0.2) is 31.5 Å². The first-order valence-corrected chi connectivity index (χ1v) is 5.53. The Kier molecular flexibility index (Phi) is 2.81. The van der Waals surface area contributed by atoms with E-state index in [1.54, 1.807) is 6.92 Å². The number of aryl methyl sites for hydroxylation is 1. The Morgan fingerprint density at radius 3 is 2.50 bits per heavy atom. The summed E-state index contributed by atoms with van der Waals surface area (Å²) >= 11 is 0. The lowest BCUT2D eigenvalue weighted by Gasteiger charge is -2.13. The molecule has 0 fully saturated rings. The number of hydrogen-bond acceptors (Lipinski definition) is 5. The molecule has 7 heteroatoms. The SMILES string of the molecule is CCN(C)S(=O)(=O)c1c(N)noc1C. The average molecular weight is 219 g/mol. The second-order valence-electron chi connectivity index (χ2n) is 2.87. The molecule has 0 bridgehead atoms. The van der Waals surface area contributed by atoms with Crippen molar-refractivity contribution in [3.05, 3.63) is 5.76 Å². The molecule has 1 aromatic heterocycles. The Bertz CT molecular complexity index is 404. The van der Waals surface area contributed by atoms with Crippen LogP contribution >= 0.6 is 0 Å². The van der Waals surface area contributed by atoms with Crippen LogP contribution in [-0.2, 0) is 10.0 Å². The van der Waals surface area contributed by atoms with Gasteiger partial charge in [-0.25, -0.2) is 12.7 Å². The van der Waals surface area contributed by atoms with Gasteiger partial charge in [0.05, 0.1) is 0 Å². The summed E-state index contributed by atoms with van der Waals surface area (Å²) in [6.07, 6.45) is 0. The third-order valence-corrected chi connectivity index (χ3v) is 4.04. The van der Waals surface area contributed by atoms with Gasteiger partial charge < -0.3 is 10.3 Å². The van der Waals surface area contributed by atoms with E-state index in [0.717, 1.165) is 0 Å². The maximum Gasteiger partial charge on any atom is 0.250 e. The van der Waals surface area contributed by atoms with Crippen molar-refractivity contribution in [3.63, 3.8) is 0 Å². The molecule has 6 nitrogen and oxygen atoms in total. The van der Waals surface area contributed by atoms with Gasteiger partial charge >= 0.3 is 0 Å². The summed E-state index contributed by atoms with van der Waals surface area (Å²) in [4.78, 5) is -0.0400. The molecule has 0 saturated carbocycles. The summed E-state index contributed by atoms with van der Waals surface area (Å²) in [7, 11) is -2.08. The number of nitrogen functional groups attached to an aromatic ring is 1.